The van der Waals surface area contributed by atoms with Gasteiger partial charge in [0, 0.05) is 0 Å². The predicted octanol–water partition coefficient (Wildman–Crippen LogP) is 3.30. The molecular weight excluding hydrogens is 215 g/mol. The molecule has 16 heavy (non-hydrogen) atoms. The molecule has 0 saturated heterocycles. The summed E-state index contributed by atoms with van der Waals surface area (Å²) < 4.78 is 38.5. The van der Waals surface area contributed by atoms with Crippen molar-refractivity contribution in [2.45, 2.75) is 32.4 Å². The first kappa shape index (κ1) is 13.0. The molecule has 1 nitrogen and oxygen atoms in total. The van der Waals surface area contributed by atoms with Crippen LogP contribution in [0.2, 0.25) is 0 Å². The average molecular weight is 231 g/mol. The standard InChI is InChI=1S/C12H16F3N/c1-8-3-4-10(9(2)7-8)11(5-6-16)12(13,14)15/h3-4,7,11H,5-6,16H2,1-2H3. The Labute approximate surface area is 93.5 Å². The van der Waals surface area contributed by atoms with Crippen molar-refractivity contribution < 1.29 is 13.2 Å². The van der Waals surface area contributed by atoms with Crippen molar-refractivity contribution in [1.29, 1.82) is 0 Å². The fourth-order valence-electron chi connectivity index (χ4n) is 1.88. The van der Waals surface area contributed by atoms with Crippen molar-refractivity contribution in [1.82, 2.24) is 0 Å². The summed E-state index contributed by atoms with van der Waals surface area (Å²) in [4.78, 5) is 0. The summed E-state index contributed by atoms with van der Waals surface area (Å²) in [7, 11) is 0. The van der Waals surface area contributed by atoms with E-state index in [0.717, 1.165) is 5.56 Å². The third kappa shape index (κ3) is 2.98. The van der Waals surface area contributed by atoms with Gasteiger partial charge in [0.2, 0.25) is 0 Å². The van der Waals surface area contributed by atoms with E-state index in [2.05, 4.69) is 0 Å². The summed E-state index contributed by atoms with van der Waals surface area (Å²) in [6.45, 7) is 3.61. The highest BCUT2D eigenvalue weighted by molar-refractivity contribution is 5.34. The van der Waals surface area contributed by atoms with Crippen LogP contribution >= 0.6 is 0 Å². The molecule has 0 aliphatic heterocycles. The van der Waals surface area contributed by atoms with E-state index in [9.17, 15) is 13.2 Å². The minimum absolute atomic E-state index is 0.0392. The molecular formula is C12H16F3N. The van der Waals surface area contributed by atoms with E-state index >= 15 is 0 Å². The van der Waals surface area contributed by atoms with E-state index in [1.807, 2.05) is 6.92 Å². The van der Waals surface area contributed by atoms with Gasteiger partial charge in [-0.1, -0.05) is 23.8 Å². The molecule has 1 atom stereocenters. The second-order valence-electron chi connectivity index (χ2n) is 4.03. The molecule has 0 bridgehead atoms. The van der Waals surface area contributed by atoms with Gasteiger partial charge in [-0.15, -0.1) is 0 Å². The molecule has 1 unspecified atom stereocenters. The molecule has 1 aromatic rings. The van der Waals surface area contributed by atoms with E-state index in [4.69, 9.17) is 5.73 Å². The maximum atomic E-state index is 12.8. The molecule has 0 saturated carbocycles. The largest absolute Gasteiger partial charge is 0.395 e. The van der Waals surface area contributed by atoms with Crippen molar-refractivity contribution in [2.24, 2.45) is 5.73 Å². The number of alkyl halides is 3. The summed E-state index contributed by atoms with van der Waals surface area (Å²) in [5.74, 6) is -1.45. The smallest absolute Gasteiger partial charge is 0.330 e. The van der Waals surface area contributed by atoms with Gasteiger partial charge in [0.05, 0.1) is 5.92 Å². The zero-order chi connectivity index (χ0) is 12.3. The first-order valence-electron chi connectivity index (χ1n) is 5.20. The van der Waals surface area contributed by atoms with E-state index in [1.165, 1.54) is 0 Å². The summed E-state index contributed by atoms with van der Waals surface area (Å²) in [6.07, 6.45) is -4.28. The van der Waals surface area contributed by atoms with Crippen LogP contribution < -0.4 is 5.73 Å². The lowest BCUT2D eigenvalue weighted by molar-refractivity contribution is -0.151. The molecule has 90 valence electrons. The Kier molecular flexibility index (Phi) is 3.97. The van der Waals surface area contributed by atoms with Crippen LogP contribution in [0.4, 0.5) is 13.2 Å². The maximum absolute atomic E-state index is 12.8. The van der Waals surface area contributed by atoms with Gasteiger partial charge in [0.1, 0.15) is 0 Å². The Morgan fingerprint density at radius 1 is 1.25 bits per heavy atom. The number of nitrogens with two attached hydrogens (primary N) is 1. The number of hydrogen-bond acceptors (Lipinski definition) is 1. The molecule has 0 amide bonds. The van der Waals surface area contributed by atoms with E-state index < -0.39 is 12.1 Å². The van der Waals surface area contributed by atoms with Crippen molar-refractivity contribution in [2.75, 3.05) is 6.54 Å². The van der Waals surface area contributed by atoms with E-state index in [-0.39, 0.29) is 13.0 Å². The van der Waals surface area contributed by atoms with Crippen LogP contribution in [0.1, 0.15) is 29.0 Å². The fraction of sp³-hybridized carbons (Fsp3) is 0.500. The van der Waals surface area contributed by atoms with Crippen LogP contribution in [0.25, 0.3) is 0 Å². The lowest BCUT2D eigenvalue weighted by atomic mass is 9.90. The van der Waals surface area contributed by atoms with Crippen LogP contribution in [0.15, 0.2) is 18.2 Å². The molecule has 0 aliphatic carbocycles. The van der Waals surface area contributed by atoms with Gasteiger partial charge in [-0.05, 0) is 37.9 Å². The minimum Gasteiger partial charge on any atom is -0.330 e. The highest BCUT2D eigenvalue weighted by atomic mass is 19.4. The third-order valence-electron chi connectivity index (χ3n) is 2.65. The molecule has 0 aliphatic rings. The molecule has 0 radical (unpaired) electrons. The number of hydrogen-bond donors (Lipinski definition) is 1. The summed E-state index contributed by atoms with van der Waals surface area (Å²) in [5, 5.41) is 0. The van der Waals surface area contributed by atoms with Crippen molar-refractivity contribution in [3.63, 3.8) is 0 Å². The second-order valence-corrected chi connectivity index (χ2v) is 4.03. The van der Waals surface area contributed by atoms with Gasteiger partial charge in [-0.3, -0.25) is 0 Å². The second kappa shape index (κ2) is 4.87. The Hall–Kier alpha value is -1.03. The Morgan fingerprint density at radius 2 is 1.88 bits per heavy atom. The molecule has 0 spiro atoms. The Bertz CT molecular complexity index is 358. The normalized spacial score (nSPS) is 13.9. The van der Waals surface area contributed by atoms with Crippen LogP contribution in [-0.2, 0) is 0 Å². The molecule has 0 aromatic heterocycles. The summed E-state index contributed by atoms with van der Waals surface area (Å²) in [5.41, 5.74) is 7.22. The zero-order valence-electron chi connectivity index (χ0n) is 9.43. The van der Waals surface area contributed by atoms with Crippen LogP contribution in [0, 0.1) is 13.8 Å². The lowest BCUT2D eigenvalue weighted by Crippen LogP contribution is -2.24. The maximum Gasteiger partial charge on any atom is 0.395 e. The van der Waals surface area contributed by atoms with Gasteiger partial charge in [0.25, 0.3) is 0 Å². The molecule has 4 heteroatoms. The molecule has 2 N–H and O–H groups in total. The first-order chi connectivity index (χ1) is 7.36. The Balaban J connectivity index is 3.11. The highest BCUT2D eigenvalue weighted by Gasteiger charge is 2.40. The van der Waals surface area contributed by atoms with Gasteiger partial charge in [-0.2, -0.15) is 13.2 Å². The lowest BCUT2D eigenvalue weighted by Gasteiger charge is -2.22. The molecule has 1 rings (SSSR count). The van der Waals surface area contributed by atoms with Crippen molar-refractivity contribution in [3.8, 4) is 0 Å². The van der Waals surface area contributed by atoms with Crippen molar-refractivity contribution >= 4 is 0 Å². The number of halogens is 3. The predicted molar refractivity (Wildman–Crippen MR) is 58.4 cm³/mol. The van der Waals surface area contributed by atoms with Gasteiger partial charge < -0.3 is 5.73 Å². The third-order valence-corrected chi connectivity index (χ3v) is 2.65. The Morgan fingerprint density at radius 3 is 2.31 bits per heavy atom. The highest BCUT2D eigenvalue weighted by Crippen LogP contribution is 2.38. The molecule has 0 heterocycles. The van der Waals surface area contributed by atoms with Crippen LogP contribution in [-0.4, -0.2) is 12.7 Å². The molecule has 0 fully saturated rings. The van der Waals surface area contributed by atoms with Gasteiger partial charge >= 0.3 is 6.18 Å². The zero-order valence-corrected chi connectivity index (χ0v) is 9.43. The van der Waals surface area contributed by atoms with Gasteiger partial charge in [0.15, 0.2) is 0 Å². The quantitative estimate of drug-likeness (QED) is 0.848. The van der Waals surface area contributed by atoms with Crippen LogP contribution in [0.3, 0.4) is 0 Å². The number of aryl methyl sites for hydroxylation is 2. The van der Waals surface area contributed by atoms with Gasteiger partial charge in [-0.25, -0.2) is 0 Å². The fourth-order valence-corrected chi connectivity index (χ4v) is 1.88. The van der Waals surface area contributed by atoms with E-state index in [0.29, 0.717) is 11.1 Å². The monoisotopic (exact) mass is 231 g/mol. The minimum atomic E-state index is -4.22. The molecule has 1 aromatic carbocycles. The topological polar surface area (TPSA) is 26.0 Å². The first-order valence-corrected chi connectivity index (χ1v) is 5.20. The summed E-state index contributed by atoms with van der Waals surface area (Å²) >= 11 is 0. The number of benzene rings is 1. The van der Waals surface area contributed by atoms with E-state index in [1.54, 1.807) is 25.1 Å². The van der Waals surface area contributed by atoms with Crippen molar-refractivity contribution in [3.05, 3.63) is 34.9 Å². The summed E-state index contributed by atoms with van der Waals surface area (Å²) in [6, 6.07) is 5.03. The average Bonchev–Trinajstić information content (AvgIpc) is 2.13. The number of rotatable bonds is 3. The van der Waals surface area contributed by atoms with Crippen LogP contribution in [0.5, 0.6) is 0 Å². The SMILES string of the molecule is Cc1ccc(C(CCN)C(F)(F)F)c(C)c1.